The zero-order chi connectivity index (χ0) is 27.5. The van der Waals surface area contributed by atoms with Crippen LogP contribution < -0.4 is 15.6 Å². The van der Waals surface area contributed by atoms with E-state index in [-0.39, 0.29) is 28.9 Å². The van der Waals surface area contributed by atoms with Crippen LogP contribution in [-0.2, 0) is 6.54 Å². The molecule has 0 atom stereocenters. The largest absolute Gasteiger partial charge is 0.325 e. The second-order valence-corrected chi connectivity index (χ2v) is 11.7. The summed E-state index contributed by atoms with van der Waals surface area (Å²) >= 11 is 6.53. The van der Waals surface area contributed by atoms with E-state index in [9.17, 15) is 9.59 Å². The molecule has 3 amide bonds. The summed E-state index contributed by atoms with van der Waals surface area (Å²) in [6.45, 7) is 11.3. The maximum Gasteiger partial charge on any atom is 0.325 e. The number of carbonyl (C=O) groups excluding carboxylic acids is 2. The van der Waals surface area contributed by atoms with Gasteiger partial charge in [-0.3, -0.25) is 20.0 Å². The van der Waals surface area contributed by atoms with E-state index in [4.69, 9.17) is 11.6 Å². The van der Waals surface area contributed by atoms with Crippen molar-refractivity contribution in [3.8, 4) is 0 Å². The van der Waals surface area contributed by atoms with E-state index in [1.807, 2.05) is 46.2 Å². The molecule has 1 aliphatic heterocycles. The van der Waals surface area contributed by atoms with Crippen molar-refractivity contribution in [1.82, 2.24) is 15.6 Å². The maximum absolute atomic E-state index is 13.9. The Morgan fingerprint density at radius 3 is 2.37 bits per heavy atom. The van der Waals surface area contributed by atoms with Gasteiger partial charge in [-0.2, -0.15) is 5.10 Å². The van der Waals surface area contributed by atoms with E-state index in [1.54, 1.807) is 19.2 Å². The third-order valence-electron chi connectivity index (χ3n) is 7.97. The van der Waals surface area contributed by atoms with Crippen LogP contribution in [0.2, 0.25) is 5.02 Å². The molecule has 0 bridgehead atoms. The fourth-order valence-electron chi connectivity index (χ4n) is 5.67. The molecule has 2 N–H and O–H groups in total. The van der Waals surface area contributed by atoms with Crippen LogP contribution in [0.1, 0.15) is 62.4 Å². The van der Waals surface area contributed by atoms with Gasteiger partial charge in [-0.15, -0.1) is 0 Å². The lowest BCUT2D eigenvalue weighted by Gasteiger charge is -2.45. The first-order valence-electron chi connectivity index (χ1n) is 13.0. The molecule has 2 fully saturated rings. The first-order valence-corrected chi connectivity index (χ1v) is 13.4. The van der Waals surface area contributed by atoms with Gasteiger partial charge in [0, 0.05) is 25.9 Å². The summed E-state index contributed by atoms with van der Waals surface area (Å²) in [6.07, 6.45) is 4.06. The van der Waals surface area contributed by atoms with Crippen LogP contribution >= 0.6 is 11.6 Å². The van der Waals surface area contributed by atoms with E-state index in [0.717, 1.165) is 36.9 Å². The molecule has 8 nitrogen and oxygen atoms in total. The van der Waals surface area contributed by atoms with Crippen LogP contribution in [0.4, 0.5) is 10.5 Å². The lowest BCUT2D eigenvalue weighted by atomic mass is 9.67. The molecule has 0 unspecified atom stereocenters. The van der Waals surface area contributed by atoms with E-state index in [2.05, 4.69) is 48.3 Å². The number of rotatable bonds is 5. The molecule has 1 spiro atoms. The Bertz CT molecular complexity index is 1210. The number of nitrogens with one attached hydrogen (secondary N) is 2. The fraction of sp³-hybridized carbons (Fsp3) is 0.448. The predicted octanol–water partition coefficient (Wildman–Crippen LogP) is 5.68. The zero-order valence-electron chi connectivity index (χ0n) is 22.6. The van der Waals surface area contributed by atoms with Crippen molar-refractivity contribution in [2.24, 2.45) is 21.4 Å². The molecule has 0 aromatic heterocycles. The highest BCUT2D eigenvalue weighted by Crippen LogP contribution is 2.48. The molecule has 4 rings (SSSR count). The zero-order valence-corrected chi connectivity index (χ0v) is 23.4. The van der Waals surface area contributed by atoms with Gasteiger partial charge in [0.1, 0.15) is 0 Å². The molecule has 2 aromatic rings. The number of anilines is 1. The Labute approximate surface area is 230 Å². The van der Waals surface area contributed by atoms with E-state index < -0.39 is 0 Å². The minimum absolute atomic E-state index is 0.0269. The van der Waals surface area contributed by atoms with Crippen LogP contribution in [0, 0.1) is 11.3 Å². The van der Waals surface area contributed by atoms with E-state index in [0.29, 0.717) is 29.6 Å². The van der Waals surface area contributed by atoms with Gasteiger partial charge in [0.15, 0.2) is 0 Å². The smallest absolute Gasteiger partial charge is 0.313 e. The van der Waals surface area contributed by atoms with Gasteiger partial charge in [0.05, 0.1) is 22.8 Å². The lowest BCUT2D eigenvalue weighted by Crippen LogP contribution is -2.50. The highest BCUT2D eigenvalue weighted by Gasteiger charge is 2.52. The minimum atomic E-state index is -0.313. The van der Waals surface area contributed by atoms with Gasteiger partial charge in [-0.1, -0.05) is 56.6 Å². The number of hydrogen-bond donors (Lipinski definition) is 2. The molecule has 0 radical (unpaired) electrons. The number of carbonyl (C=O) groups is 2. The standard InChI is InChI=1S/C29H37ClN6O2/c1-28(2,3)22-14-16-29(17-15-22)19-35(24-9-7-6-8-23(24)30)27(38)36(29)18-20-10-12-21(13-11-20)25(37)33-26(31-4)34-32-5/h6-13,22H,5,14-19H2,1-4H3,(H2,31,33,34,37). The number of halogens is 1. The molecule has 9 heteroatoms. The second kappa shape index (κ2) is 11.2. The number of urea groups is 1. The first-order chi connectivity index (χ1) is 18.1. The van der Waals surface area contributed by atoms with Crippen LogP contribution in [0.3, 0.4) is 0 Å². The van der Waals surface area contributed by atoms with Gasteiger partial charge >= 0.3 is 6.03 Å². The summed E-state index contributed by atoms with van der Waals surface area (Å²) < 4.78 is 0. The lowest BCUT2D eigenvalue weighted by molar-refractivity contribution is 0.0631. The van der Waals surface area contributed by atoms with Crippen molar-refractivity contribution in [3.63, 3.8) is 0 Å². The number of aliphatic imine (C=N–C) groups is 1. The van der Waals surface area contributed by atoms with Crippen molar-refractivity contribution in [3.05, 3.63) is 64.7 Å². The number of hydrogen-bond acceptors (Lipinski definition) is 4. The van der Waals surface area contributed by atoms with Crippen LogP contribution in [-0.4, -0.2) is 48.6 Å². The highest BCUT2D eigenvalue weighted by atomic mass is 35.5. The van der Waals surface area contributed by atoms with Crippen LogP contribution in [0.25, 0.3) is 0 Å². The highest BCUT2D eigenvalue weighted by molar-refractivity contribution is 6.33. The molecular weight excluding hydrogens is 500 g/mol. The molecule has 2 aromatic carbocycles. The fourth-order valence-corrected chi connectivity index (χ4v) is 5.91. The quantitative estimate of drug-likeness (QED) is 0.293. The van der Waals surface area contributed by atoms with Crippen LogP contribution in [0.5, 0.6) is 0 Å². The van der Waals surface area contributed by atoms with Gasteiger partial charge in [-0.05, 0) is 66.8 Å². The average molecular weight is 537 g/mol. The Balaban J connectivity index is 1.57. The average Bonchev–Trinajstić information content (AvgIpc) is 3.14. The predicted molar refractivity (Wildman–Crippen MR) is 154 cm³/mol. The summed E-state index contributed by atoms with van der Waals surface area (Å²) in [4.78, 5) is 34.3. The third kappa shape index (κ3) is 5.70. The number of hydrazone groups is 1. The normalized spacial score (nSPS) is 22.1. The molecule has 1 heterocycles. The number of amides is 3. The Morgan fingerprint density at radius 1 is 1.13 bits per heavy atom. The molecule has 1 saturated carbocycles. The topological polar surface area (TPSA) is 89.4 Å². The van der Waals surface area contributed by atoms with Gasteiger partial charge < -0.3 is 4.90 Å². The summed E-state index contributed by atoms with van der Waals surface area (Å²) in [6, 6.07) is 14.8. The SMILES string of the molecule is C=NNC(=NC)NC(=O)c1ccc(CN2C(=O)N(c3ccccc3Cl)CC23CCC(C(C)(C)C)CC3)cc1. The number of nitrogens with zero attached hydrogens (tertiary/aromatic N) is 4. The number of para-hydroxylation sites is 1. The molecular formula is C29H37ClN6O2. The molecule has 2 aliphatic rings. The van der Waals surface area contributed by atoms with Crippen molar-refractivity contribution in [1.29, 1.82) is 0 Å². The van der Waals surface area contributed by atoms with E-state index in [1.165, 1.54) is 0 Å². The Kier molecular flexibility index (Phi) is 8.11. The van der Waals surface area contributed by atoms with Crippen molar-refractivity contribution >= 4 is 41.9 Å². The molecule has 1 aliphatic carbocycles. The molecule has 202 valence electrons. The number of guanidine groups is 1. The second-order valence-electron chi connectivity index (χ2n) is 11.3. The summed E-state index contributed by atoms with van der Waals surface area (Å²) in [5.41, 5.74) is 4.71. The van der Waals surface area contributed by atoms with Gasteiger partial charge in [0.25, 0.3) is 5.91 Å². The number of benzene rings is 2. The summed E-state index contributed by atoms with van der Waals surface area (Å²) in [7, 11) is 1.54. The third-order valence-corrected chi connectivity index (χ3v) is 8.29. The van der Waals surface area contributed by atoms with Crippen molar-refractivity contribution in [2.75, 3.05) is 18.5 Å². The minimum Gasteiger partial charge on any atom is -0.313 e. The van der Waals surface area contributed by atoms with Gasteiger partial charge in [0.2, 0.25) is 5.96 Å². The maximum atomic E-state index is 13.9. The molecule has 1 saturated heterocycles. The monoisotopic (exact) mass is 536 g/mol. The summed E-state index contributed by atoms with van der Waals surface area (Å²) in [5, 5.41) is 6.76. The van der Waals surface area contributed by atoms with Crippen LogP contribution in [0.15, 0.2) is 58.6 Å². The van der Waals surface area contributed by atoms with E-state index >= 15 is 0 Å². The van der Waals surface area contributed by atoms with Gasteiger partial charge in [-0.25, -0.2) is 10.2 Å². The first kappa shape index (κ1) is 27.6. The van der Waals surface area contributed by atoms with Crippen molar-refractivity contribution < 1.29 is 9.59 Å². The van der Waals surface area contributed by atoms with Crippen molar-refractivity contribution in [2.45, 2.75) is 58.5 Å². The Hall–Kier alpha value is -3.39. The Morgan fingerprint density at radius 2 is 1.79 bits per heavy atom. The molecule has 38 heavy (non-hydrogen) atoms. The summed E-state index contributed by atoms with van der Waals surface area (Å²) in [5.74, 6) is 0.524.